The van der Waals surface area contributed by atoms with E-state index in [0.717, 1.165) is 4.90 Å². The number of rotatable bonds is 25. The van der Waals surface area contributed by atoms with E-state index in [0.29, 0.717) is 38.0 Å². The normalized spacial score (nSPS) is 21.3. The van der Waals surface area contributed by atoms with Crippen LogP contribution in [0.3, 0.4) is 0 Å². The Morgan fingerprint density at radius 3 is 1.82 bits per heavy atom. The molecular formula is C39H62N10O15S. The van der Waals surface area contributed by atoms with Gasteiger partial charge in [0.2, 0.25) is 53.2 Å². The second-order valence-corrected chi connectivity index (χ2v) is 17.1. The summed E-state index contributed by atoms with van der Waals surface area (Å²) < 4.78 is 0. The number of aliphatic hydroxyl groups excluding tert-OH is 2. The molecule has 3 aliphatic rings. The lowest BCUT2D eigenvalue weighted by molar-refractivity contribution is -0.149. The molecule has 0 spiro atoms. The average molecular weight is 943 g/mol. The highest BCUT2D eigenvalue weighted by Crippen LogP contribution is 2.21. The number of carbonyl (C=O) groups excluding carboxylic acids is 9. The molecule has 26 heteroatoms. The van der Waals surface area contributed by atoms with Gasteiger partial charge in [-0.3, -0.25) is 47.9 Å². The van der Waals surface area contributed by atoms with Crippen LogP contribution < -0.4 is 43.0 Å². The van der Waals surface area contributed by atoms with Crippen LogP contribution in [-0.2, 0) is 52.7 Å². The van der Waals surface area contributed by atoms with Crippen LogP contribution in [-0.4, -0.2) is 194 Å². The molecule has 0 aromatic rings. The third-order valence-corrected chi connectivity index (χ3v) is 11.8. The Morgan fingerprint density at radius 2 is 1.26 bits per heavy atom. The quantitative estimate of drug-likeness (QED) is 0.0406. The molecule has 65 heavy (non-hydrogen) atoms. The molecule has 13 N–H and O–H groups in total. The third-order valence-electron chi connectivity index (χ3n) is 11.2. The van der Waals surface area contributed by atoms with Crippen molar-refractivity contribution in [1.29, 1.82) is 0 Å². The van der Waals surface area contributed by atoms with Crippen LogP contribution >= 0.6 is 11.8 Å². The van der Waals surface area contributed by atoms with Gasteiger partial charge in [-0.25, -0.2) is 4.79 Å². The van der Waals surface area contributed by atoms with Crippen molar-refractivity contribution < 1.29 is 73.2 Å². The minimum Gasteiger partial charge on any atom is -0.481 e. The van der Waals surface area contributed by atoms with E-state index in [9.17, 15) is 73.2 Å². The number of nitrogens with two attached hydrogens (primary N) is 1. The molecule has 364 valence electrons. The Hall–Kier alpha value is -5.60. The van der Waals surface area contributed by atoms with Crippen LogP contribution in [0.1, 0.15) is 78.1 Å². The minimum atomic E-state index is -1.90. The molecular weight excluding hydrogens is 881 g/mol. The molecule has 3 aliphatic heterocycles. The molecule has 0 aromatic heterocycles. The predicted octanol–water partition coefficient (Wildman–Crippen LogP) is -5.40. The number of nitrogens with one attached hydrogen (secondary N) is 7. The van der Waals surface area contributed by atoms with Crippen LogP contribution in [0.15, 0.2) is 0 Å². The van der Waals surface area contributed by atoms with Gasteiger partial charge in [-0.15, -0.1) is 0 Å². The van der Waals surface area contributed by atoms with Crippen LogP contribution in [0.5, 0.6) is 0 Å². The number of carboxylic acids is 2. The Kier molecular flexibility index (Phi) is 21.3. The van der Waals surface area contributed by atoms with Crippen LogP contribution in [0, 0.1) is 0 Å². The van der Waals surface area contributed by atoms with E-state index in [-0.39, 0.29) is 32.4 Å². The summed E-state index contributed by atoms with van der Waals surface area (Å²) in [6.07, 6.45) is 0.746. The number of hydrogen-bond donors (Lipinski definition) is 12. The zero-order chi connectivity index (χ0) is 48.5. The molecule has 0 aromatic carbocycles. The van der Waals surface area contributed by atoms with Crippen LogP contribution in [0.4, 0.5) is 0 Å². The lowest BCUT2D eigenvalue weighted by Crippen LogP contribution is -2.61. The monoisotopic (exact) mass is 942 g/mol. The third kappa shape index (κ3) is 15.8. The number of nitrogens with zero attached hydrogens (tertiary/aromatic N) is 2. The average Bonchev–Trinajstić information content (AvgIpc) is 4.07. The zero-order valence-corrected chi connectivity index (χ0v) is 37.4. The highest BCUT2D eigenvalue weighted by Gasteiger charge is 2.41. The van der Waals surface area contributed by atoms with Gasteiger partial charge >= 0.3 is 11.9 Å². The standard InChI is InChI=1S/C39H62N10O15S/c1-19(31(55)44-23(12-16-65-3)37(61)49-15-6-9-27(49)39(63)64)42-35(59)26-8-5-14-48(26)38(62)25(18-50)46-33(57)22(10-11-28(40)52)43-34(58)24(17-29(53)54)45-36(60)30(20(2)51)47-32(56)21-7-4-13-41-21/h19-27,30,41,50-51H,4-18H2,1-3H3,(H2,40,52)(H,42,59)(H,43,58)(H,44,55)(H,45,60)(H,46,57)(H,47,56)(H,53,54)(H,63,64)/t19-,20+,21-,22-,23-,24-,25-,26-,27-,30-/m0/s1. The Labute approximate surface area is 378 Å². The molecule has 10 atom stereocenters. The number of likely N-dealkylation sites (tertiary alicyclic amines) is 2. The lowest BCUT2D eigenvalue weighted by Gasteiger charge is -2.30. The van der Waals surface area contributed by atoms with Crippen molar-refractivity contribution in [2.45, 2.75) is 139 Å². The van der Waals surface area contributed by atoms with E-state index in [2.05, 4.69) is 37.2 Å². The van der Waals surface area contributed by atoms with Crippen molar-refractivity contribution in [2.75, 3.05) is 38.2 Å². The van der Waals surface area contributed by atoms with Gasteiger partial charge in [0, 0.05) is 19.5 Å². The fourth-order valence-corrected chi connectivity index (χ4v) is 8.13. The molecule has 0 saturated carbocycles. The molecule has 3 rings (SSSR count). The molecule has 3 heterocycles. The second-order valence-electron chi connectivity index (χ2n) is 16.1. The molecule has 3 fully saturated rings. The molecule has 0 aliphatic carbocycles. The van der Waals surface area contributed by atoms with E-state index in [4.69, 9.17) is 5.73 Å². The van der Waals surface area contributed by atoms with Gasteiger partial charge in [-0.1, -0.05) is 0 Å². The van der Waals surface area contributed by atoms with E-state index in [1.807, 2.05) is 0 Å². The summed E-state index contributed by atoms with van der Waals surface area (Å²) in [7, 11) is 0. The SMILES string of the molecule is CSCC[C@H](NC(=O)[C@H](C)NC(=O)[C@@H]1CCCN1C(=O)[C@H](CO)NC(=O)[C@H](CCC(N)=O)NC(=O)[C@H](CC(=O)O)NC(=O)[C@@H](NC(=O)[C@@H]1CCCN1)[C@@H](C)O)C(=O)N1CCC[C@H]1C(=O)O. The predicted molar refractivity (Wildman–Crippen MR) is 228 cm³/mol. The molecule has 0 radical (unpaired) electrons. The smallest absolute Gasteiger partial charge is 0.326 e. The number of amides is 9. The van der Waals surface area contributed by atoms with Crippen LogP contribution in [0.25, 0.3) is 0 Å². The number of primary amides is 1. The van der Waals surface area contributed by atoms with Crippen molar-refractivity contribution in [3.63, 3.8) is 0 Å². The number of aliphatic hydroxyl groups is 2. The summed E-state index contributed by atoms with van der Waals surface area (Å²) in [5.41, 5.74) is 5.28. The van der Waals surface area contributed by atoms with Crippen LogP contribution in [0.2, 0.25) is 0 Å². The van der Waals surface area contributed by atoms with Gasteiger partial charge in [-0.2, -0.15) is 11.8 Å². The fraction of sp³-hybridized carbons (Fsp3) is 0.718. The van der Waals surface area contributed by atoms with Gasteiger partial charge < -0.3 is 73.2 Å². The summed E-state index contributed by atoms with van der Waals surface area (Å²) in [5.74, 6) is -10.4. The number of carboxylic acid groups (broad SMARTS) is 2. The summed E-state index contributed by atoms with van der Waals surface area (Å²) in [6.45, 7) is 2.25. The van der Waals surface area contributed by atoms with Crippen molar-refractivity contribution >= 4 is 76.9 Å². The van der Waals surface area contributed by atoms with E-state index < -0.39 is 151 Å². The minimum absolute atomic E-state index is 0.0147. The number of carbonyl (C=O) groups is 11. The fourth-order valence-electron chi connectivity index (χ4n) is 7.65. The van der Waals surface area contributed by atoms with Crippen molar-refractivity contribution in [1.82, 2.24) is 47.0 Å². The van der Waals surface area contributed by atoms with Gasteiger partial charge in [0.05, 0.1) is 25.2 Å². The van der Waals surface area contributed by atoms with Gasteiger partial charge in [0.15, 0.2) is 0 Å². The first-order valence-corrected chi connectivity index (χ1v) is 22.8. The van der Waals surface area contributed by atoms with E-state index in [1.54, 1.807) is 6.26 Å². The number of thioether (sulfide) groups is 1. The summed E-state index contributed by atoms with van der Waals surface area (Å²) in [4.78, 5) is 145. The van der Waals surface area contributed by atoms with E-state index in [1.165, 1.54) is 30.5 Å². The molecule has 25 nitrogen and oxygen atoms in total. The van der Waals surface area contributed by atoms with E-state index >= 15 is 0 Å². The highest BCUT2D eigenvalue weighted by molar-refractivity contribution is 7.98. The Bertz CT molecular complexity index is 1780. The first-order valence-electron chi connectivity index (χ1n) is 21.4. The number of aliphatic carboxylic acids is 2. The first kappa shape index (κ1) is 53.7. The van der Waals surface area contributed by atoms with Gasteiger partial charge in [0.1, 0.15) is 48.3 Å². The zero-order valence-electron chi connectivity index (χ0n) is 36.5. The largest absolute Gasteiger partial charge is 0.481 e. The second kappa shape index (κ2) is 25.8. The summed E-state index contributed by atoms with van der Waals surface area (Å²) >= 11 is 1.41. The summed E-state index contributed by atoms with van der Waals surface area (Å²) in [6, 6.07) is -12.1. The molecule has 9 amide bonds. The molecule has 0 bridgehead atoms. The molecule has 0 unspecified atom stereocenters. The highest BCUT2D eigenvalue weighted by atomic mass is 32.2. The Morgan fingerprint density at radius 1 is 0.692 bits per heavy atom. The topological polar surface area (TPSA) is 385 Å². The maximum Gasteiger partial charge on any atom is 0.326 e. The Balaban J connectivity index is 1.70. The van der Waals surface area contributed by atoms with Gasteiger partial charge in [-0.05, 0) is 83.8 Å². The maximum absolute atomic E-state index is 13.8. The van der Waals surface area contributed by atoms with Gasteiger partial charge in [0.25, 0.3) is 0 Å². The molecule has 3 saturated heterocycles. The first-order chi connectivity index (χ1) is 30.7. The van der Waals surface area contributed by atoms with Crippen molar-refractivity contribution in [2.24, 2.45) is 5.73 Å². The van der Waals surface area contributed by atoms with Crippen molar-refractivity contribution in [3.8, 4) is 0 Å². The lowest BCUT2D eigenvalue weighted by atomic mass is 10.1. The number of hydrogen-bond acceptors (Lipinski definition) is 15. The van der Waals surface area contributed by atoms with Crippen molar-refractivity contribution in [3.05, 3.63) is 0 Å². The summed E-state index contributed by atoms with van der Waals surface area (Å²) in [5, 5.41) is 56.8. The maximum atomic E-state index is 13.8.